The largest absolute Gasteiger partial charge is 0.390 e. The lowest BCUT2D eigenvalue weighted by atomic mass is 9.56. The molecule has 0 radical (unpaired) electrons. The van der Waals surface area contributed by atoms with Crippen molar-refractivity contribution in [1.82, 2.24) is 5.32 Å². The van der Waals surface area contributed by atoms with E-state index in [1.165, 1.54) is 0 Å². The van der Waals surface area contributed by atoms with Gasteiger partial charge in [-0.3, -0.25) is 4.79 Å². The number of carbonyl (C=O) groups is 1. The van der Waals surface area contributed by atoms with Crippen molar-refractivity contribution in [2.24, 2.45) is 0 Å². The number of aliphatic hydroxyl groups is 1. The van der Waals surface area contributed by atoms with Gasteiger partial charge in [-0.05, 0) is 50.3 Å². The minimum Gasteiger partial charge on any atom is -0.390 e. The van der Waals surface area contributed by atoms with Gasteiger partial charge in [0.15, 0.2) is 0 Å². The van der Waals surface area contributed by atoms with Crippen molar-refractivity contribution in [1.29, 1.82) is 0 Å². The van der Waals surface area contributed by atoms with Crippen molar-refractivity contribution in [3.05, 3.63) is 34.3 Å². The Hall–Kier alpha value is -0.870. The first kappa shape index (κ1) is 13.1. The van der Waals surface area contributed by atoms with E-state index in [2.05, 4.69) is 21.2 Å². The molecule has 3 nitrogen and oxygen atoms in total. The third-order valence-corrected chi connectivity index (χ3v) is 4.58. The second-order valence-electron chi connectivity index (χ2n) is 6.19. The maximum absolute atomic E-state index is 12.6. The highest BCUT2D eigenvalue weighted by atomic mass is 79.9. The number of amides is 1. The summed E-state index contributed by atoms with van der Waals surface area (Å²) in [5, 5.41) is 13.2. The predicted molar refractivity (Wildman–Crippen MR) is 76.8 cm³/mol. The summed E-state index contributed by atoms with van der Waals surface area (Å²) >= 11 is 3.45. The molecule has 0 unspecified atom stereocenters. The standard InChI is InChI=1S/C15H18BrNO2/c1-14(19)8-15(9-14,13(18)17-12-5-6-12)10-3-2-4-11(16)7-10/h2-4,7,12,19H,5-6,8-9H2,1H3,(H,17,18). The number of nitrogens with one attached hydrogen (secondary N) is 1. The van der Waals surface area contributed by atoms with Crippen LogP contribution in [0.4, 0.5) is 0 Å². The van der Waals surface area contributed by atoms with Crippen LogP contribution in [0.1, 0.15) is 38.2 Å². The predicted octanol–water partition coefficient (Wildman–Crippen LogP) is 2.51. The molecule has 2 N–H and O–H groups in total. The molecule has 1 aromatic rings. The van der Waals surface area contributed by atoms with Crippen LogP contribution in [0.3, 0.4) is 0 Å². The minimum atomic E-state index is -0.733. The fourth-order valence-corrected chi connectivity index (χ4v) is 3.48. The highest BCUT2D eigenvalue weighted by Crippen LogP contribution is 2.51. The quantitative estimate of drug-likeness (QED) is 0.898. The SMILES string of the molecule is CC1(O)CC(C(=O)NC2CC2)(c2cccc(Br)c2)C1. The molecule has 1 aromatic carbocycles. The minimum absolute atomic E-state index is 0.0691. The van der Waals surface area contributed by atoms with Gasteiger partial charge in [0.2, 0.25) is 5.91 Å². The van der Waals surface area contributed by atoms with Gasteiger partial charge in [-0.15, -0.1) is 0 Å². The van der Waals surface area contributed by atoms with Gasteiger partial charge < -0.3 is 10.4 Å². The van der Waals surface area contributed by atoms with Gasteiger partial charge in [0.05, 0.1) is 11.0 Å². The molecule has 0 saturated heterocycles. The molecule has 1 amide bonds. The number of rotatable bonds is 3. The zero-order valence-corrected chi connectivity index (χ0v) is 12.5. The Bertz CT molecular complexity index is 515. The van der Waals surface area contributed by atoms with Crippen molar-refractivity contribution >= 4 is 21.8 Å². The molecule has 2 saturated carbocycles. The maximum Gasteiger partial charge on any atom is 0.231 e. The van der Waals surface area contributed by atoms with Gasteiger partial charge in [0.1, 0.15) is 0 Å². The molecule has 4 heteroatoms. The zero-order chi connectivity index (χ0) is 13.7. The topological polar surface area (TPSA) is 49.3 Å². The van der Waals surface area contributed by atoms with Crippen LogP contribution in [0.25, 0.3) is 0 Å². The van der Waals surface area contributed by atoms with Crippen LogP contribution >= 0.6 is 15.9 Å². The lowest BCUT2D eigenvalue weighted by Crippen LogP contribution is -2.60. The third kappa shape index (κ3) is 2.43. The second-order valence-corrected chi connectivity index (χ2v) is 7.11. The molecule has 0 heterocycles. The van der Waals surface area contributed by atoms with Crippen LogP contribution in [0, 0.1) is 0 Å². The fourth-order valence-electron chi connectivity index (χ4n) is 3.08. The summed E-state index contributed by atoms with van der Waals surface area (Å²) in [4.78, 5) is 12.6. The molecular weight excluding hydrogens is 306 g/mol. The average molecular weight is 324 g/mol. The number of hydrogen-bond donors (Lipinski definition) is 2. The monoisotopic (exact) mass is 323 g/mol. The third-order valence-electron chi connectivity index (χ3n) is 4.09. The summed E-state index contributed by atoms with van der Waals surface area (Å²) in [7, 11) is 0. The van der Waals surface area contributed by atoms with E-state index in [1.54, 1.807) is 6.92 Å². The van der Waals surface area contributed by atoms with Crippen molar-refractivity contribution in [2.45, 2.75) is 49.7 Å². The van der Waals surface area contributed by atoms with E-state index in [0.29, 0.717) is 18.9 Å². The van der Waals surface area contributed by atoms with Crippen LogP contribution in [-0.4, -0.2) is 22.7 Å². The van der Waals surface area contributed by atoms with Crippen molar-refractivity contribution in [2.75, 3.05) is 0 Å². The molecule has 2 fully saturated rings. The highest BCUT2D eigenvalue weighted by molar-refractivity contribution is 9.10. The van der Waals surface area contributed by atoms with E-state index in [4.69, 9.17) is 0 Å². The Labute approximate surface area is 121 Å². The molecular formula is C15H18BrNO2. The Kier molecular flexibility index (Phi) is 2.98. The molecule has 102 valence electrons. The van der Waals surface area contributed by atoms with E-state index in [1.807, 2.05) is 24.3 Å². The second kappa shape index (κ2) is 4.32. The summed E-state index contributed by atoms with van der Waals surface area (Å²) in [5.41, 5.74) is -0.300. The molecule has 19 heavy (non-hydrogen) atoms. The van der Waals surface area contributed by atoms with Gasteiger partial charge >= 0.3 is 0 Å². The van der Waals surface area contributed by atoms with E-state index in [-0.39, 0.29) is 5.91 Å². The first-order valence-corrected chi connectivity index (χ1v) is 7.50. The van der Waals surface area contributed by atoms with Crippen molar-refractivity contribution in [3.63, 3.8) is 0 Å². The molecule has 0 bridgehead atoms. The van der Waals surface area contributed by atoms with Crippen LogP contribution in [0.15, 0.2) is 28.7 Å². The summed E-state index contributed by atoms with van der Waals surface area (Å²) < 4.78 is 0.968. The lowest BCUT2D eigenvalue weighted by Gasteiger charge is -2.50. The smallest absolute Gasteiger partial charge is 0.231 e. The van der Waals surface area contributed by atoms with Crippen LogP contribution in [0.5, 0.6) is 0 Å². The molecule has 2 aliphatic carbocycles. The van der Waals surface area contributed by atoms with Crippen LogP contribution in [-0.2, 0) is 10.2 Å². The fraction of sp³-hybridized carbons (Fsp3) is 0.533. The molecule has 0 aromatic heterocycles. The molecule has 0 aliphatic heterocycles. The summed E-state index contributed by atoms with van der Waals surface area (Å²) in [6.45, 7) is 1.80. The Morgan fingerprint density at radius 1 is 1.42 bits per heavy atom. The molecule has 0 atom stereocenters. The van der Waals surface area contributed by atoms with Crippen LogP contribution in [0.2, 0.25) is 0 Å². The Morgan fingerprint density at radius 2 is 2.11 bits per heavy atom. The van der Waals surface area contributed by atoms with E-state index < -0.39 is 11.0 Å². The van der Waals surface area contributed by atoms with Crippen LogP contribution < -0.4 is 5.32 Å². The van der Waals surface area contributed by atoms with Gasteiger partial charge in [-0.1, -0.05) is 28.1 Å². The number of halogens is 1. The number of benzene rings is 1. The molecule has 2 aliphatic rings. The van der Waals surface area contributed by atoms with Gasteiger partial charge in [0.25, 0.3) is 0 Å². The number of hydrogen-bond acceptors (Lipinski definition) is 2. The first-order valence-electron chi connectivity index (χ1n) is 6.71. The summed E-state index contributed by atoms with van der Waals surface area (Å²) in [6.07, 6.45) is 3.15. The summed E-state index contributed by atoms with van der Waals surface area (Å²) in [5.74, 6) is 0.0691. The van der Waals surface area contributed by atoms with Crippen molar-refractivity contribution < 1.29 is 9.90 Å². The zero-order valence-electron chi connectivity index (χ0n) is 10.9. The van der Waals surface area contributed by atoms with Crippen molar-refractivity contribution in [3.8, 4) is 0 Å². The van der Waals surface area contributed by atoms with E-state index in [9.17, 15) is 9.90 Å². The van der Waals surface area contributed by atoms with E-state index in [0.717, 1.165) is 22.9 Å². The van der Waals surface area contributed by atoms with E-state index >= 15 is 0 Å². The highest BCUT2D eigenvalue weighted by Gasteiger charge is 2.57. The first-order chi connectivity index (χ1) is 8.91. The normalized spacial score (nSPS) is 33.6. The van der Waals surface area contributed by atoms with Gasteiger partial charge in [0, 0.05) is 10.5 Å². The lowest BCUT2D eigenvalue weighted by molar-refractivity contribution is -0.145. The number of carbonyl (C=O) groups excluding carboxylic acids is 1. The van der Waals surface area contributed by atoms with Gasteiger partial charge in [-0.2, -0.15) is 0 Å². The Balaban J connectivity index is 1.91. The summed E-state index contributed by atoms with van der Waals surface area (Å²) in [6, 6.07) is 8.21. The molecule has 3 rings (SSSR count). The molecule has 0 spiro atoms. The average Bonchev–Trinajstić information content (AvgIpc) is 3.09. The van der Waals surface area contributed by atoms with Gasteiger partial charge in [-0.25, -0.2) is 0 Å². The maximum atomic E-state index is 12.6. The Morgan fingerprint density at radius 3 is 2.63 bits per heavy atom.